The van der Waals surface area contributed by atoms with Crippen molar-refractivity contribution in [1.82, 2.24) is 9.80 Å². The van der Waals surface area contributed by atoms with Gasteiger partial charge in [0.1, 0.15) is 11.6 Å². The predicted molar refractivity (Wildman–Crippen MR) is 120 cm³/mol. The zero-order valence-electron chi connectivity index (χ0n) is 19.0. The van der Waals surface area contributed by atoms with Crippen LogP contribution in [0.15, 0.2) is 18.2 Å². The molecule has 1 saturated heterocycles. The predicted octanol–water partition coefficient (Wildman–Crippen LogP) is 4.12. The number of aliphatic hydroxyl groups excluding tert-OH is 2. The van der Waals surface area contributed by atoms with Crippen LogP contribution in [-0.2, 0) is 0 Å². The zero-order chi connectivity index (χ0) is 22.9. The van der Waals surface area contributed by atoms with Gasteiger partial charge in [-0.05, 0) is 57.2 Å². The molecule has 0 bridgehead atoms. The van der Waals surface area contributed by atoms with Crippen molar-refractivity contribution in [3.05, 3.63) is 35.4 Å². The van der Waals surface area contributed by atoms with Crippen LogP contribution in [0, 0.1) is 11.6 Å². The molecule has 1 aromatic carbocycles. The number of rotatable bonds is 10. The third kappa shape index (κ3) is 6.96. The molecule has 1 aliphatic heterocycles. The fourth-order valence-electron chi connectivity index (χ4n) is 5.17. The third-order valence-corrected chi connectivity index (χ3v) is 7.05. The van der Waals surface area contributed by atoms with Crippen LogP contribution < -0.4 is 0 Å². The Labute approximate surface area is 190 Å². The zero-order valence-corrected chi connectivity index (χ0v) is 19.0. The first-order valence-corrected chi connectivity index (χ1v) is 12.3. The van der Waals surface area contributed by atoms with Crippen LogP contribution in [0.4, 0.5) is 8.78 Å². The molecule has 2 atom stereocenters. The Balaban J connectivity index is 1.48. The highest BCUT2D eigenvalue weighted by Gasteiger charge is 2.28. The number of aliphatic hydroxyl groups is 2. The Morgan fingerprint density at radius 1 is 1.06 bits per heavy atom. The van der Waals surface area contributed by atoms with E-state index < -0.39 is 11.6 Å². The van der Waals surface area contributed by atoms with E-state index in [2.05, 4.69) is 4.90 Å². The molecule has 1 amide bonds. The molecular formula is C25H38F2N2O3. The largest absolute Gasteiger partial charge is 0.395 e. The molecule has 2 N–H and O–H groups in total. The maximum Gasteiger partial charge on any atom is 0.257 e. The lowest BCUT2D eigenvalue weighted by molar-refractivity contribution is 0.0163. The van der Waals surface area contributed by atoms with E-state index in [9.17, 15) is 23.8 Å². The lowest BCUT2D eigenvalue weighted by atomic mass is 9.93. The summed E-state index contributed by atoms with van der Waals surface area (Å²) in [5.74, 6) is -1.79. The maximum absolute atomic E-state index is 14.3. The minimum atomic E-state index is -0.791. The van der Waals surface area contributed by atoms with E-state index in [0.717, 1.165) is 83.0 Å². The van der Waals surface area contributed by atoms with E-state index in [-0.39, 0.29) is 36.3 Å². The van der Waals surface area contributed by atoms with Gasteiger partial charge < -0.3 is 15.1 Å². The summed E-state index contributed by atoms with van der Waals surface area (Å²) in [7, 11) is 0. The molecule has 0 spiro atoms. The molecule has 5 nitrogen and oxygen atoms in total. The summed E-state index contributed by atoms with van der Waals surface area (Å²) < 4.78 is 27.5. The molecular weight excluding hydrogens is 414 g/mol. The summed E-state index contributed by atoms with van der Waals surface area (Å²) in [6, 6.07) is 3.37. The van der Waals surface area contributed by atoms with Gasteiger partial charge in [0.2, 0.25) is 0 Å². The van der Waals surface area contributed by atoms with Gasteiger partial charge in [0.25, 0.3) is 5.91 Å². The number of unbranched alkanes of at least 4 members (excludes halogenated alkanes) is 3. The van der Waals surface area contributed by atoms with Crippen LogP contribution in [0.25, 0.3) is 0 Å². The van der Waals surface area contributed by atoms with E-state index >= 15 is 0 Å². The van der Waals surface area contributed by atoms with Crippen molar-refractivity contribution >= 4 is 5.91 Å². The number of carbonyl (C=O) groups excluding carboxylic acids is 1. The van der Waals surface area contributed by atoms with Crippen LogP contribution in [0.5, 0.6) is 0 Å². The number of likely N-dealkylation sites (tertiary alicyclic amines) is 1. The number of amides is 1. The molecule has 2 unspecified atom stereocenters. The van der Waals surface area contributed by atoms with Crippen molar-refractivity contribution in [2.24, 2.45) is 0 Å². The van der Waals surface area contributed by atoms with Gasteiger partial charge in [-0.2, -0.15) is 0 Å². The quantitative estimate of drug-likeness (QED) is 0.524. The Bertz CT molecular complexity index is 727. The van der Waals surface area contributed by atoms with Crippen molar-refractivity contribution in [3.8, 4) is 0 Å². The molecule has 2 fully saturated rings. The van der Waals surface area contributed by atoms with E-state index in [1.807, 2.05) is 4.90 Å². The first-order chi connectivity index (χ1) is 15.5. The van der Waals surface area contributed by atoms with Crippen LogP contribution in [-0.4, -0.2) is 70.3 Å². The first kappa shape index (κ1) is 25.1. The molecule has 0 radical (unpaired) electrons. The maximum atomic E-state index is 14.3. The number of piperidine rings is 1. The normalized spacial score (nSPS) is 22.8. The standard InChI is InChI=1S/C25H38F2N2O3/c26-19-10-11-23(24(27)16-19)25(32)29(20-8-4-3-5-9-20)14-7-2-1-6-13-28-15-12-22(31)17-21(28)18-30/h10-11,16,20-22,30-31H,1-9,12-15,17-18H2. The first-order valence-electron chi connectivity index (χ1n) is 12.3. The van der Waals surface area contributed by atoms with E-state index in [1.54, 1.807) is 0 Å². The number of benzene rings is 1. The number of hydrogen-bond acceptors (Lipinski definition) is 4. The van der Waals surface area contributed by atoms with Crippen molar-refractivity contribution in [1.29, 1.82) is 0 Å². The number of nitrogens with zero attached hydrogens (tertiary/aromatic N) is 2. The second-order valence-electron chi connectivity index (χ2n) is 9.38. The second kappa shape index (κ2) is 12.6. The number of halogens is 2. The average molecular weight is 453 g/mol. The van der Waals surface area contributed by atoms with E-state index in [1.165, 1.54) is 12.5 Å². The molecule has 1 heterocycles. The number of carbonyl (C=O) groups is 1. The molecule has 0 aromatic heterocycles. The summed E-state index contributed by atoms with van der Waals surface area (Å²) in [6.07, 6.45) is 10.2. The Morgan fingerprint density at radius 3 is 2.53 bits per heavy atom. The molecule has 2 aliphatic rings. The minimum Gasteiger partial charge on any atom is -0.395 e. The van der Waals surface area contributed by atoms with Gasteiger partial charge in [-0.15, -0.1) is 0 Å². The van der Waals surface area contributed by atoms with Crippen molar-refractivity contribution in [3.63, 3.8) is 0 Å². The van der Waals surface area contributed by atoms with Crippen LogP contribution >= 0.6 is 0 Å². The summed E-state index contributed by atoms with van der Waals surface area (Å²) in [5.41, 5.74) is -0.0423. The molecule has 1 aliphatic carbocycles. The van der Waals surface area contributed by atoms with Gasteiger partial charge in [0.15, 0.2) is 0 Å². The molecule has 32 heavy (non-hydrogen) atoms. The summed E-state index contributed by atoms with van der Waals surface area (Å²) in [6.45, 7) is 2.40. The van der Waals surface area contributed by atoms with Crippen LogP contribution in [0.1, 0.15) is 81.0 Å². The highest BCUT2D eigenvalue weighted by Crippen LogP contribution is 2.26. The Kier molecular flexibility index (Phi) is 9.88. The Hall–Kier alpha value is -1.57. The van der Waals surface area contributed by atoms with Crippen LogP contribution in [0.2, 0.25) is 0 Å². The smallest absolute Gasteiger partial charge is 0.257 e. The topological polar surface area (TPSA) is 64.0 Å². The highest BCUT2D eigenvalue weighted by molar-refractivity contribution is 5.94. The molecule has 1 aromatic rings. The summed E-state index contributed by atoms with van der Waals surface area (Å²) >= 11 is 0. The molecule has 180 valence electrons. The highest BCUT2D eigenvalue weighted by atomic mass is 19.1. The monoisotopic (exact) mass is 452 g/mol. The molecule has 1 saturated carbocycles. The van der Waals surface area contributed by atoms with Gasteiger partial charge in [-0.1, -0.05) is 32.1 Å². The van der Waals surface area contributed by atoms with Gasteiger partial charge in [0.05, 0.1) is 18.3 Å². The van der Waals surface area contributed by atoms with Crippen molar-refractivity contribution in [2.75, 3.05) is 26.2 Å². The molecule has 7 heteroatoms. The second-order valence-corrected chi connectivity index (χ2v) is 9.38. The van der Waals surface area contributed by atoms with Crippen molar-refractivity contribution in [2.45, 2.75) is 88.8 Å². The van der Waals surface area contributed by atoms with Gasteiger partial charge in [-0.25, -0.2) is 8.78 Å². The van der Waals surface area contributed by atoms with Gasteiger partial charge in [-0.3, -0.25) is 9.69 Å². The van der Waals surface area contributed by atoms with E-state index in [0.29, 0.717) is 13.0 Å². The summed E-state index contributed by atoms with van der Waals surface area (Å²) in [5, 5.41) is 19.3. The minimum absolute atomic E-state index is 0.0423. The average Bonchev–Trinajstić information content (AvgIpc) is 2.79. The lowest BCUT2D eigenvalue weighted by Gasteiger charge is -2.37. The van der Waals surface area contributed by atoms with E-state index in [4.69, 9.17) is 0 Å². The fourth-order valence-corrected chi connectivity index (χ4v) is 5.17. The molecule has 3 rings (SSSR count). The fraction of sp³-hybridized carbons (Fsp3) is 0.720. The summed E-state index contributed by atoms with van der Waals surface area (Å²) in [4.78, 5) is 17.2. The lowest BCUT2D eigenvalue weighted by Crippen LogP contribution is -2.46. The third-order valence-electron chi connectivity index (χ3n) is 7.05. The Morgan fingerprint density at radius 2 is 1.81 bits per heavy atom. The number of hydrogen-bond donors (Lipinski definition) is 2. The van der Waals surface area contributed by atoms with Crippen LogP contribution in [0.3, 0.4) is 0 Å². The van der Waals surface area contributed by atoms with Crippen molar-refractivity contribution < 1.29 is 23.8 Å². The van der Waals surface area contributed by atoms with Gasteiger partial charge >= 0.3 is 0 Å². The SMILES string of the molecule is O=C(c1ccc(F)cc1F)N(CCCCCCN1CCC(O)CC1CO)C1CCCCC1. The van der Waals surface area contributed by atoms with Gasteiger partial charge in [0, 0.05) is 31.2 Å².